The Morgan fingerprint density at radius 3 is 2.14 bits per heavy atom. The van der Waals surface area contributed by atoms with Crippen LogP contribution in [0, 0.1) is 5.82 Å². The van der Waals surface area contributed by atoms with Crippen molar-refractivity contribution in [1.29, 1.82) is 0 Å². The number of carbonyl (C=O) groups is 3. The molecular formula is C21H21F7N4O5. The third-order valence-corrected chi connectivity index (χ3v) is 5.04. The Morgan fingerprint density at radius 2 is 1.62 bits per heavy atom. The number of fused-ring (bicyclic) bond motifs is 1. The number of carboxylic acid groups (broad SMARTS) is 2. The Bertz CT molecular complexity index is 1110. The van der Waals surface area contributed by atoms with Crippen LogP contribution in [-0.4, -0.2) is 68.5 Å². The quantitative estimate of drug-likeness (QED) is 0.363. The molecule has 0 spiro atoms. The fourth-order valence-electron chi connectivity index (χ4n) is 3.32. The number of nitrogens with one attached hydrogen (secondary N) is 1. The summed E-state index contributed by atoms with van der Waals surface area (Å²) in [4.78, 5) is 33.2. The monoisotopic (exact) mass is 542 g/mol. The summed E-state index contributed by atoms with van der Waals surface area (Å²) in [6.45, 7) is 0.0795. The number of benzene rings is 1. The molecule has 1 amide bonds. The van der Waals surface area contributed by atoms with E-state index in [9.17, 15) is 40.3 Å². The molecule has 3 N–H and O–H groups in total. The van der Waals surface area contributed by atoms with Crippen molar-refractivity contribution in [3.63, 3.8) is 0 Å². The molecule has 3 rings (SSSR count). The zero-order chi connectivity index (χ0) is 28.0. The molecule has 1 aliphatic rings. The average Bonchev–Trinajstić information content (AvgIpc) is 3.16. The third kappa shape index (κ3) is 8.73. The van der Waals surface area contributed by atoms with Crippen molar-refractivity contribution in [1.82, 2.24) is 20.0 Å². The predicted molar refractivity (Wildman–Crippen MR) is 111 cm³/mol. The normalized spacial score (nSPS) is 13.4. The van der Waals surface area contributed by atoms with E-state index in [-0.39, 0.29) is 62.7 Å². The van der Waals surface area contributed by atoms with Crippen LogP contribution in [0.25, 0.3) is 0 Å². The summed E-state index contributed by atoms with van der Waals surface area (Å²) in [5.41, 5.74) is -0.0372. The van der Waals surface area contributed by atoms with Crippen molar-refractivity contribution in [3.8, 4) is 0 Å². The molecule has 9 nitrogen and oxygen atoms in total. The van der Waals surface area contributed by atoms with E-state index in [0.29, 0.717) is 5.56 Å². The first-order valence-corrected chi connectivity index (χ1v) is 10.5. The highest BCUT2D eigenvalue weighted by Gasteiger charge is 2.41. The standard InChI is InChI=1S/C19H20F4N4O3.C2HF3O2/c20-13-3-1-12(2-4-13)10-27-15-11-26(16(28)9-24-7-5-17(29)30)8-6-14(15)18(25-27)19(21,22)23;3-2(4,5)1(6)7/h1-4,24H,5-11H2,(H,29,30);(H,6,7). The van der Waals surface area contributed by atoms with E-state index >= 15 is 0 Å². The molecule has 0 fully saturated rings. The molecule has 0 aliphatic carbocycles. The Kier molecular flexibility index (Phi) is 9.61. The maximum absolute atomic E-state index is 13.4. The number of carbonyl (C=O) groups excluding carboxylic acids is 1. The van der Waals surface area contributed by atoms with E-state index in [4.69, 9.17) is 15.0 Å². The second-order valence-electron chi connectivity index (χ2n) is 7.74. The number of carboxylic acids is 2. The van der Waals surface area contributed by atoms with Gasteiger partial charge in [0, 0.05) is 18.7 Å². The minimum absolute atomic E-state index is 0.00839. The fraction of sp³-hybridized carbons (Fsp3) is 0.429. The van der Waals surface area contributed by atoms with Crippen molar-refractivity contribution < 1.29 is 55.3 Å². The van der Waals surface area contributed by atoms with Crippen LogP contribution in [0.5, 0.6) is 0 Å². The molecule has 1 aromatic carbocycles. The molecule has 0 radical (unpaired) electrons. The number of amides is 1. The molecule has 0 atom stereocenters. The van der Waals surface area contributed by atoms with Gasteiger partial charge in [-0.05, 0) is 24.1 Å². The first-order valence-electron chi connectivity index (χ1n) is 10.5. The van der Waals surface area contributed by atoms with Gasteiger partial charge in [-0.1, -0.05) is 12.1 Å². The number of aliphatic carboxylic acids is 2. The summed E-state index contributed by atoms with van der Waals surface area (Å²) in [7, 11) is 0. The van der Waals surface area contributed by atoms with Gasteiger partial charge in [-0.25, -0.2) is 9.18 Å². The lowest BCUT2D eigenvalue weighted by Gasteiger charge is -2.28. The molecule has 2 heterocycles. The summed E-state index contributed by atoms with van der Waals surface area (Å²) in [6.07, 6.45) is -9.84. The summed E-state index contributed by atoms with van der Waals surface area (Å²) in [5, 5.41) is 22.2. The highest BCUT2D eigenvalue weighted by atomic mass is 19.4. The Hall–Kier alpha value is -3.69. The van der Waals surface area contributed by atoms with Crippen molar-refractivity contribution >= 4 is 17.8 Å². The lowest BCUT2D eigenvalue weighted by atomic mass is 10.0. The second-order valence-corrected chi connectivity index (χ2v) is 7.74. The number of hydrogen-bond acceptors (Lipinski definition) is 5. The number of hydrogen-bond donors (Lipinski definition) is 3. The molecule has 37 heavy (non-hydrogen) atoms. The summed E-state index contributed by atoms with van der Waals surface area (Å²) in [5.74, 6) is -4.55. The summed E-state index contributed by atoms with van der Waals surface area (Å²) < 4.78 is 86.4. The minimum atomic E-state index is -5.08. The second kappa shape index (κ2) is 12.0. The lowest BCUT2D eigenvalue weighted by molar-refractivity contribution is -0.192. The Morgan fingerprint density at radius 1 is 1.03 bits per heavy atom. The SMILES string of the molecule is O=C(O)C(F)(F)F.O=C(O)CCNCC(=O)N1CCc2c(C(F)(F)F)nn(Cc3ccc(F)cc3)c2C1. The van der Waals surface area contributed by atoms with Crippen LogP contribution >= 0.6 is 0 Å². The number of halogens is 7. The molecule has 0 bridgehead atoms. The molecule has 1 aliphatic heterocycles. The first kappa shape index (κ1) is 29.5. The molecular weight excluding hydrogens is 521 g/mol. The van der Waals surface area contributed by atoms with Gasteiger partial charge in [-0.3, -0.25) is 14.3 Å². The molecule has 1 aromatic heterocycles. The van der Waals surface area contributed by atoms with E-state index < -0.39 is 35.8 Å². The van der Waals surface area contributed by atoms with Gasteiger partial charge in [0.2, 0.25) is 5.91 Å². The van der Waals surface area contributed by atoms with Crippen LogP contribution in [0.15, 0.2) is 24.3 Å². The van der Waals surface area contributed by atoms with Crippen LogP contribution in [0.1, 0.15) is 28.9 Å². The van der Waals surface area contributed by atoms with Crippen LogP contribution in [0.4, 0.5) is 30.7 Å². The minimum Gasteiger partial charge on any atom is -0.481 e. The number of rotatable bonds is 7. The van der Waals surface area contributed by atoms with Crippen molar-refractivity contribution in [2.24, 2.45) is 0 Å². The average molecular weight is 542 g/mol. The van der Waals surface area contributed by atoms with Crippen molar-refractivity contribution in [2.45, 2.75) is 38.3 Å². The van der Waals surface area contributed by atoms with Crippen LogP contribution in [0.2, 0.25) is 0 Å². The van der Waals surface area contributed by atoms with Gasteiger partial charge in [0.25, 0.3) is 0 Å². The van der Waals surface area contributed by atoms with Crippen molar-refractivity contribution in [2.75, 3.05) is 19.6 Å². The van der Waals surface area contributed by atoms with E-state index in [1.807, 2.05) is 0 Å². The number of nitrogens with zero attached hydrogens (tertiary/aromatic N) is 3. The highest BCUT2D eigenvalue weighted by molar-refractivity contribution is 5.78. The molecule has 204 valence electrons. The zero-order valence-corrected chi connectivity index (χ0v) is 18.9. The fourth-order valence-corrected chi connectivity index (χ4v) is 3.32. The molecule has 16 heteroatoms. The predicted octanol–water partition coefficient (Wildman–Crippen LogP) is 2.67. The van der Waals surface area contributed by atoms with E-state index in [1.54, 1.807) is 0 Å². The van der Waals surface area contributed by atoms with E-state index in [0.717, 1.165) is 0 Å². The largest absolute Gasteiger partial charge is 0.490 e. The van der Waals surface area contributed by atoms with Gasteiger partial charge in [-0.2, -0.15) is 31.4 Å². The lowest BCUT2D eigenvalue weighted by Crippen LogP contribution is -2.42. The van der Waals surface area contributed by atoms with E-state index in [2.05, 4.69) is 10.4 Å². The van der Waals surface area contributed by atoms with Gasteiger partial charge in [0.15, 0.2) is 5.69 Å². The zero-order valence-electron chi connectivity index (χ0n) is 18.9. The summed E-state index contributed by atoms with van der Waals surface area (Å²) in [6, 6.07) is 5.37. The summed E-state index contributed by atoms with van der Waals surface area (Å²) >= 11 is 0. The van der Waals surface area contributed by atoms with Gasteiger partial charge in [0.05, 0.1) is 31.7 Å². The topological polar surface area (TPSA) is 125 Å². The first-order chi connectivity index (χ1) is 17.1. The molecule has 0 unspecified atom stereocenters. The number of alkyl halides is 6. The van der Waals surface area contributed by atoms with Gasteiger partial charge in [0.1, 0.15) is 5.82 Å². The highest BCUT2D eigenvalue weighted by Crippen LogP contribution is 2.35. The maximum atomic E-state index is 13.4. The van der Waals surface area contributed by atoms with Gasteiger partial charge < -0.3 is 20.4 Å². The Balaban J connectivity index is 0.000000604. The van der Waals surface area contributed by atoms with Gasteiger partial charge in [-0.15, -0.1) is 0 Å². The molecule has 0 saturated carbocycles. The van der Waals surface area contributed by atoms with Crippen LogP contribution in [0.3, 0.4) is 0 Å². The third-order valence-electron chi connectivity index (χ3n) is 5.04. The maximum Gasteiger partial charge on any atom is 0.490 e. The van der Waals surface area contributed by atoms with Crippen LogP contribution in [-0.2, 0) is 40.1 Å². The molecule has 2 aromatic rings. The number of aromatic nitrogens is 2. The van der Waals surface area contributed by atoms with Crippen LogP contribution < -0.4 is 5.32 Å². The smallest absolute Gasteiger partial charge is 0.481 e. The molecule has 0 saturated heterocycles. The van der Waals surface area contributed by atoms with Crippen molar-refractivity contribution in [3.05, 3.63) is 52.6 Å². The Labute approximate surface area is 204 Å². The van der Waals surface area contributed by atoms with Gasteiger partial charge >= 0.3 is 24.3 Å². The van der Waals surface area contributed by atoms with E-state index in [1.165, 1.54) is 33.8 Å².